The summed E-state index contributed by atoms with van der Waals surface area (Å²) in [5.74, 6) is -0.745. The van der Waals surface area contributed by atoms with Crippen molar-refractivity contribution < 1.29 is 58.2 Å². The Morgan fingerprint density at radius 1 is 0.318 bits per heavy atom. The molecule has 1 unspecified atom stereocenters. The number of rotatable bonds is 8. The lowest BCUT2D eigenvalue weighted by Crippen LogP contribution is -2.33. The Kier molecular flexibility index (Phi) is 17.7. The molecule has 0 aliphatic carbocycles. The fourth-order valence-corrected chi connectivity index (χ4v) is 19.0. The van der Waals surface area contributed by atoms with E-state index < -0.39 is 48.1 Å². The lowest BCUT2D eigenvalue weighted by atomic mass is 9.77. The number of benzene rings is 13. The summed E-state index contributed by atoms with van der Waals surface area (Å²) in [5, 5.41) is 16.6. The fraction of sp³-hybridized carbons (Fsp3) is 0.231. The number of fused-ring (bicyclic) bond motifs is 24. The van der Waals surface area contributed by atoms with Gasteiger partial charge in [0.15, 0.2) is 12.4 Å². The van der Waals surface area contributed by atoms with Crippen molar-refractivity contribution in [3.05, 3.63) is 317 Å². The molecule has 0 spiro atoms. The number of hydrogen-bond donors (Lipinski definition) is 0. The molecule has 0 aliphatic heterocycles. The zero-order valence-electron chi connectivity index (χ0n) is 88.0. The third-order valence-corrected chi connectivity index (χ3v) is 25.5. The molecule has 11 aromatic heterocycles. The first-order chi connectivity index (χ1) is 67.0. The third kappa shape index (κ3) is 15.3. The molecular weight excluding hydrogens is 1620 g/mol. The second kappa shape index (κ2) is 31.8. The van der Waals surface area contributed by atoms with E-state index in [9.17, 15) is 2.74 Å². The topological polar surface area (TPSA) is 126 Å². The molecule has 11 heteroatoms. The molecule has 0 amide bonds. The molecule has 0 saturated heterocycles. The van der Waals surface area contributed by atoms with Gasteiger partial charge in [0, 0.05) is 153 Å². The maximum absolute atomic E-state index is 9.27. The van der Waals surface area contributed by atoms with Crippen molar-refractivity contribution in [1.29, 1.82) is 0 Å². The second-order valence-electron chi connectivity index (χ2n) is 39.8. The first kappa shape index (κ1) is 73.5. The van der Waals surface area contributed by atoms with Crippen LogP contribution in [0.5, 0.6) is 0 Å². The van der Waals surface area contributed by atoms with E-state index in [1.54, 1.807) is 50.8 Å². The van der Waals surface area contributed by atoms with Gasteiger partial charge in [-0.05, 0) is 193 Å². The molecule has 13 aromatic carbocycles. The molecule has 0 N–H and O–H groups in total. The van der Waals surface area contributed by atoms with E-state index in [4.69, 9.17) is 51.3 Å². The van der Waals surface area contributed by atoms with Crippen molar-refractivity contribution in [2.24, 2.45) is 35.8 Å². The van der Waals surface area contributed by atoms with E-state index >= 15 is 0 Å². The smallest absolute Gasteiger partial charge is 0.216 e. The first-order valence-corrected chi connectivity index (χ1v) is 45.3. The Morgan fingerprint density at radius 3 is 1.14 bits per heavy atom. The largest absolute Gasteiger partial charge is 0.456 e. The lowest BCUT2D eigenvalue weighted by Gasteiger charge is -2.28. The summed E-state index contributed by atoms with van der Waals surface area (Å²) in [6, 6.07) is 83.5. The van der Waals surface area contributed by atoms with Crippen molar-refractivity contribution in [1.82, 2.24) is 4.98 Å². The van der Waals surface area contributed by atoms with E-state index in [2.05, 4.69) is 138 Å². The monoisotopic (exact) mass is 1740 g/mol. The predicted octanol–water partition coefficient (Wildman–Crippen LogP) is 34.1. The predicted molar refractivity (Wildman–Crippen MR) is 547 cm³/mol. The summed E-state index contributed by atoms with van der Waals surface area (Å²) in [6.45, 7) is 30.5. The normalized spacial score (nSPS) is 14.5. The Balaban J connectivity index is 0.000000113. The number of furan rings is 8. The molecule has 132 heavy (non-hydrogen) atoms. The molecule has 24 rings (SSSR count). The quantitative estimate of drug-likeness (QED) is 0.137. The van der Waals surface area contributed by atoms with E-state index in [0.717, 1.165) is 220 Å². The van der Waals surface area contributed by atoms with Gasteiger partial charge in [-0.25, -0.2) is 9.13 Å². The minimum absolute atomic E-state index is 0.00958. The van der Waals surface area contributed by atoms with E-state index in [1.165, 1.54) is 11.1 Å². The van der Waals surface area contributed by atoms with Gasteiger partial charge < -0.3 is 35.3 Å². The summed E-state index contributed by atoms with van der Waals surface area (Å²) < 4.78 is 142. The summed E-state index contributed by atoms with van der Waals surface area (Å²) >= 11 is 0. The van der Waals surface area contributed by atoms with E-state index in [0.29, 0.717) is 28.0 Å². The number of nitrogens with zero attached hydrogens (tertiary/aromatic N) is 3. The molecule has 11 nitrogen and oxygen atoms in total. The van der Waals surface area contributed by atoms with Gasteiger partial charge in [-0.15, -0.1) is 0 Å². The molecular formula is C121H111N3O8+2. The summed E-state index contributed by atoms with van der Waals surface area (Å²) in [5.41, 5.74) is 23.7. The Morgan fingerprint density at radius 2 is 0.682 bits per heavy atom. The van der Waals surface area contributed by atoms with Crippen molar-refractivity contribution in [3.63, 3.8) is 0 Å². The molecule has 0 bridgehead atoms. The fourth-order valence-electron chi connectivity index (χ4n) is 19.0. The number of para-hydroxylation sites is 6. The van der Waals surface area contributed by atoms with Gasteiger partial charge >= 0.3 is 0 Å². The van der Waals surface area contributed by atoms with Crippen LogP contribution in [-0.2, 0) is 33.2 Å². The highest BCUT2D eigenvalue weighted by atomic mass is 16.4. The van der Waals surface area contributed by atoms with Crippen LogP contribution >= 0.6 is 0 Å². The highest BCUT2D eigenvalue weighted by Crippen LogP contribution is 2.48. The van der Waals surface area contributed by atoms with Crippen LogP contribution in [-0.4, -0.2) is 4.98 Å². The average Bonchev–Trinajstić information content (AvgIpc) is 1.44. The van der Waals surface area contributed by atoms with Crippen LogP contribution in [0.1, 0.15) is 160 Å². The van der Waals surface area contributed by atoms with Gasteiger partial charge in [-0.2, -0.15) is 0 Å². The standard InChI is InChI=1S/C35H38NO2.C31H30NO2.C30H27NO2.C25H16O2/c1-21-13-14-25-27-17-30-26(24-11-9-10-12-29(24)37-30)16-31(27)38-33(25)32(21)28-15-22(18-34(2,3)4)23(20-36(28)8)19-35(5,6)7;1-18-11-12-22-24-15-27-23(21-9-7-8-10-26(21)33-27)14-28(24)34-30(22)29(18)25-13-20(16-31(3,4)5)19(2)17-32(25)6;1-17-13-25(31-16-24(17)18(2)30(3,4)5)21-11-8-10-20-23-14-22-19-9-6-7-12-26(19)32-27(22)15-28(23)33-29(20)21;1-15-6-4-7-16(12-15)17-9-5-10-19-21-13-20-18-8-2-3-11-22(18)26-23(20)14-24(21)27-25(17)19/h9-17,20H,18-19H2,1-8H3;7-15,17H,16H2,1-6H3;6-16,18H,1-5H3;2-14H,1H3/q2*+1;;/i18D2,19D2;2D3,16D2;18D;. The molecule has 1 atom stereocenters. The van der Waals surface area contributed by atoms with Crippen molar-refractivity contribution in [3.8, 4) is 44.9 Å². The summed E-state index contributed by atoms with van der Waals surface area (Å²) in [7, 11) is 3.69. The van der Waals surface area contributed by atoms with Crippen molar-refractivity contribution >= 4 is 176 Å². The Bertz CT molecular complexity index is 9320. The van der Waals surface area contributed by atoms with Crippen LogP contribution in [0.3, 0.4) is 0 Å². The lowest BCUT2D eigenvalue weighted by molar-refractivity contribution is -0.661. The van der Waals surface area contributed by atoms with Crippen molar-refractivity contribution in [2.75, 3.05) is 0 Å². The van der Waals surface area contributed by atoms with Gasteiger partial charge in [0.1, 0.15) is 103 Å². The van der Waals surface area contributed by atoms with Crippen LogP contribution in [0.4, 0.5) is 0 Å². The summed E-state index contributed by atoms with van der Waals surface area (Å²) in [4.78, 5) is 4.80. The Labute approximate surface area is 781 Å². The minimum Gasteiger partial charge on any atom is -0.456 e. The van der Waals surface area contributed by atoms with Gasteiger partial charge in [0.05, 0.1) is 16.8 Å². The van der Waals surface area contributed by atoms with Gasteiger partial charge in [0.25, 0.3) is 0 Å². The summed E-state index contributed by atoms with van der Waals surface area (Å²) in [6.07, 6.45) is -0.314. The van der Waals surface area contributed by atoms with E-state index in [-0.39, 0.29) is 16.5 Å². The van der Waals surface area contributed by atoms with Crippen LogP contribution in [0.2, 0.25) is 0 Å². The van der Waals surface area contributed by atoms with Gasteiger partial charge in [-0.1, -0.05) is 247 Å². The number of aryl methyl sites for hydroxylation is 7. The molecule has 24 aromatic rings. The van der Waals surface area contributed by atoms with Crippen LogP contribution < -0.4 is 9.13 Å². The third-order valence-electron chi connectivity index (χ3n) is 25.5. The molecule has 0 fully saturated rings. The maximum atomic E-state index is 9.27. The molecule has 0 saturated carbocycles. The molecule has 11 heterocycles. The van der Waals surface area contributed by atoms with Crippen molar-refractivity contribution in [2.45, 2.75) is 150 Å². The highest BCUT2D eigenvalue weighted by Gasteiger charge is 2.31. The zero-order valence-corrected chi connectivity index (χ0v) is 78.0. The first-order valence-electron chi connectivity index (χ1n) is 50.3. The minimum atomic E-state index is -2.47. The molecule has 0 aliphatic rings. The average molecular weight is 1750 g/mol. The number of hydrogen-bond acceptors (Lipinski definition) is 9. The highest BCUT2D eigenvalue weighted by molar-refractivity contribution is 6.21. The van der Waals surface area contributed by atoms with Gasteiger partial charge in [-0.3, -0.25) is 4.98 Å². The number of pyridine rings is 3. The van der Waals surface area contributed by atoms with E-state index in [1.807, 2.05) is 220 Å². The SMILES string of the molecule is Cc1cccc(-c2cccc3c2oc2cc4oc5ccccc5c4cc23)c1.[2H]C(C)(c1cnc(-c2cccc3c2oc2cc4oc5ccccc5c4cc23)cc1C)C(C)(C)C.[2H]C([2H])([2H])c1c[n+](C)c(-c2c(C)ccc3c2oc2cc4c(cc23)oc2ccccc24)cc1C([2H])([2H])C(C)(C)C.[2H]C([2H])(c1cc(-c2c(C)ccc3c2oc2cc4c(cc23)oc2ccccc24)[n+](C)cc1C([2H])([2H])C(C)(C)C)C(C)(C)C. The molecule has 0 radical (unpaired) electrons. The van der Waals surface area contributed by atoms with Crippen LogP contribution in [0.25, 0.3) is 220 Å². The number of aromatic nitrogens is 3. The van der Waals surface area contributed by atoms with Crippen LogP contribution in [0, 0.1) is 56.2 Å². The van der Waals surface area contributed by atoms with Gasteiger partial charge in [0.2, 0.25) is 11.4 Å². The Hall–Kier alpha value is -14.3. The maximum Gasteiger partial charge on any atom is 0.216 e. The second-order valence-corrected chi connectivity index (χ2v) is 39.8. The zero-order chi connectivity index (χ0) is 100. The molecule has 656 valence electrons. The van der Waals surface area contributed by atoms with Crippen LogP contribution in [0.15, 0.2) is 303 Å².